The molecule has 0 unspecified atom stereocenters. The molecule has 0 saturated carbocycles. The number of carbonyl (C=O) groups excluding carboxylic acids is 3. The second-order valence-electron chi connectivity index (χ2n) is 9.67. The van der Waals surface area contributed by atoms with Gasteiger partial charge in [-0.2, -0.15) is 0 Å². The summed E-state index contributed by atoms with van der Waals surface area (Å²) < 4.78 is 0. The first kappa shape index (κ1) is 28.2. The van der Waals surface area contributed by atoms with Crippen LogP contribution in [0.2, 0.25) is 5.02 Å². The van der Waals surface area contributed by atoms with Gasteiger partial charge in [-0.1, -0.05) is 29.3 Å². The first-order chi connectivity index (χ1) is 18.8. The summed E-state index contributed by atoms with van der Waals surface area (Å²) in [5.41, 5.74) is 4.16. The molecule has 8 heteroatoms. The average molecular weight is 547 g/mol. The topological polar surface area (TPSA) is 73.0 Å². The maximum absolute atomic E-state index is 13.6. The monoisotopic (exact) mass is 546 g/mol. The Morgan fingerprint density at radius 2 is 1.51 bits per heavy atom. The summed E-state index contributed by atoms with van der Waals surface area (Å²) in [7, 11) is 0. The minimum Gasteiger partial charge on any atom is -0.369 e. The van der Waals surface area contributed by atoms with Gasteiger partial charge in [0.05, 0.1) is 5.56 Å². The van der Waals surface area contributed by atoms with E-state index in [2.05, 4.69) is 10.2 Å². The van der Waals surface area contributed by atoms with Crippen molar-refractivity contribution in [3.63, 3.8) is 0 Å². The highest BCUT2D eigenvalue weighted by molar-refractivity contribution is 6.30. The molecule has 0 aromatic heterocycles. The predicted molar refractivity (Wildman–Crippen MR) is 157 cm³/mol. The third kappa shape index (κ3) is 6.79. The van der Waals surface area contributed by atoms with Crippen molar-refractivity contribution in [3.05, 3.63) is 94.0 Å². The van der Waals surface area contributed by atoms with E-state index in [1.54, 1.807) is 35.2 Å². The first-order valence-electron chi connectivity index (χ1n) is 13.4. The fourth-order valence-corrected chi connectivity index (χ4v) is 4.91. The molecule has 1 N–H and O–H groups in total. The zero-order chi connectivity index (χ0) is 27.9. The fraction of sp³-hybridized carbons (Fsp3) is 0.323. The lowest BCUT2D eigenvalue weighted by Gasteiger charge is -2.28. The molecule has 1 aliphatic rings. The Hall–Kier alpha value is -3.84. The van der Waals surface area contributed by atoms with Gasteiger partial charge < -0.3 is 20.0 Å². The van der Waals surface area contributed by atoms with Crippen LogP contribution >= 0.6 is 11.6 Å². The number of nitrogens with zero attached hydrogens (tertiary/aromatic N) is 3. The SMILES string of the molecule is CCN(CC)C(=O)c1cc(NC(=O)c2ccc(Cl)cc2)ccc1N1CCCN(C(=O)c2ccc(C)cc2)CC1. The van der Waals surface area contributed by atoms with Gasteiger partial charge >= 0.3 is 0 Å². The molecule has 4 rings (SSSR count). The van der Waals surface area contributed by atoms with Crippen LogP contribution in [0, 0.1) is 6.92 Å². The second kappa shape index (κ2) is 12.8. The van der Waals surface area contributed by atoms with Gasteiger partial charge in [-0.3, -0.25) is 14.4 Å². The lowest BCUT2D eigenvalue weighted by atomic mass is 10.1. The number of carbonyl (C=O) groups is 3. The Labute approximate surface area is 235 Å². The van der Waals surface area contributed by atoms with Crippen molar-refractivity contribution in [2.24, 2.45) is 0 Å². The standard InChI is InChI=1S/C31H35ClN4O3/c1-4-34(5-2)31(39)27-21-26(33-29(37)23-11-13-25(32)14-12-23)15-16-28(27)35-17-6-18-36(20-19-35)30(38)24-9-7-22(3)8-10-24/h7-16,21H,4-6,17-20H2,1-3H3,(H,33,37). The lowest BCUT2D eigenvalue weighted by molar-refractivity contribution is 0.0760. The number of rotatable bonds is 7. The summed E-state index contributed by atoms with van der Waals surface area (Å²) in [5.74, 6) is -0.341. The molecule has 1 heterocycles. The summed E-state index contributed by atoms with van der Waals surface area (Å²) in [6.07, 6.45) is 0.783. The number of hydrogen-bond donors (Lipinski definition) is 1. The van der Waals surface area contributed by atoms with Gasteiger partial charge in [0.25, 0.3) is 17.7 Å². The van der Waals surface area contributed by atoms with Crippen molar-refractivity contribution >= 4 is 40.7 Å². The number of benzene rings is 3. The molecule has 39 heavy (non-hydrogen) atoms. The van der Waals surface area contributed by atoms with Crippen molar-refractivity contribution in [1.29, 1.82) is 0 Å². The van der Waals surface area contributed by atoms with Gasteiger partial charge in [0, 0.05) is 66.8 Å². The van der Waals surface area contributed by atoms with Crippen molar-refractivity contribution in [1.82, 2.24) is 9.80 Å². The number of nitrogens with one attached hydrogen (secondary N) is 1. The quantitative estimate of drug-likeness (QED) is 0.410. The van der Waals surface area contributed by atoms with Crippen molar-refractivity contribution in [2.45, 2.75) is 27.2 Å². The van der Waals surface area contributed by atoms with Gasteiger partial charge in [0.2, 0.25) is 0 Å². The molecule has 0 atom stereocenters. The maximum atomic E-state index is 13.6. The first-order valence-corrected chi connectivity index (χ1v) is 13.8. The molecule has 0 aliphatic carbocycles. The average Bonchev–Trinajstić information content (AvgIpc) is 3.20. The Bertz CT molecular complexity index is 1320. The highest BCUT2D eigenvalue weighted by Crippen LogP contribution is 2.28. The number of halogens is 1. The smallest absolute Gasteiger partial charge is 0.256 e. The summed E-state index contributed by atoms with van der Waals surface area (Å²) in [4.78, 5) is 45.4. The molecule has 3 aromatic rings. The Morgan fingerprint density at radius 3 is 2.18 bits per heavy atom. The maximum Gasteiger partial charge on any atom is 0.256 e. The van der Waals surface area contributed by atoms with Gasteiger partial charge in [-0.05, 0) is 81.8 Å². The molecule has 1 saturated heterocycles. The molecule has 204 valence electrons. The van der Waals surface area contributed by atoms with Crippen LogP contribution < -0.4 is 10.2 Å². The Balaban J connectivity index is 1.57. The molecule has 0 spiro atoms. The summed E-state index contributed by atoms with van der Waals surface area (Å²) in [6, 6.07) is 19.8. The van der Waals surface area contributed by atoms with Crippen LogP contribution in [0.4, 0.5) is 11.4 Å². The molecule has 0 bridgehead atoms. The molecular weight excluding hydrogens is 512 g/mol. The van der Waals surface area contributed by atoms with E-state index in [9.17, 15) is 14.4 Å². The second-order valence-corrected chi connectivity index (χ2v) is 10.1. The van der Waals surface area contributed by atoms with E-state index in [-0.39, 0.29) is 17.7 Å². The number of anilines is 2. The summed E-state index contributed by atoms with van der Waals surface area (Å²) in [6.45, 7) is 9.59. The lowest BCUT2D eigenvalue weighted by Crippen LogP contribution is -2.36. The molecule has 3 aromatic carbocycles. The van der Waals surface area contributed by atoms with Crippen molar-refractivity contribution < 1.29 is 14.4 Å². The van der Waals surface area contributed by atoms with E-state index in [0.29, 0.717) is 66.7 Å². The van der Waals surface area contributed by atoms with Crippen LogP contribution in [-0.4, -0.2) is 66.8 Å². The van der Waals surface area contributed by atoms with Gasteiger partial charge in [-0.25, -0.2) is 0 Å². The predicted octanol–water partition coefficient (Wildman–Crippen LogP) is 5.74. The van der Waals surface area contributed by atoms with Gasteiger partial charge in [0.15, 0.2) is 0 Å². The normalized spacial score (nSPS) is 13.5. The van der Waals surface area contributed by atoms with E-state index >= 15 is 0 Å². The summed E-state index contributed by atoms with van der Waals surface area (Å²) in [5, 5.41) is 3.47. The molecule has 7 nitrogen and oxygen atoms in total. The minimum absolute atomic E-state index is 0.0246. The fourth-order valence-electron chi connectivity index (χ4n) is 4.79. The Morgan fingerprint density at radius 1 is 0.846 bits per heavy atom. The molecule has 0 radical (unpaired) electrons. The minimum atomic E-state index is -0.277. The molecular formula is C31H35ClN4O3. The van der Waals surface area contributed by atoms with E-state index in [0.717, 1.165) is 17.7 Å². The number of hydrogen-bond acceptors (Lipinski definition) is 4. The Kier molecular flexibility index (Phi) is 9.25. The molecule has 1 fully saturated rings. The van der Waals surface area contributed by atoms with Crippen LogP contribution in [0.1, 0.15) is 56.9 Å². The summed E-state index contributed by atoms with van der Waals surface area (Å²) >= 11 is 5.95. The van der Waals surface area contributed by atoms with Crippen LogP contribution in [0.25, 0.3) is 0 Å². The van der Waals surface area contributed by atoms with Crippen LogP contribution in [0.5, 0.6) is 0 Å². The highest BCUT2D eigenvalue weighted by Gasteiger charge is 2.25. The van der Waals surface area contributed by atoms with E-state index in [1.807, 2.05) is 62.1 Å². The molecule has 3 amide bonds. The number of aryl methyl sites for hydroxylation is 1. The van der Waals surface area contributed by atoms with Crippen molar-refractivity contribution in [2.75, 3.05) is 49.5 Å². The zero-order valence-electron chi connectivity index (χ0n) is 22.7. The van der Waals surface area contributed by atoms with E-state index < -0.39 is 0 Å². The van der Waals surface area contributed by atoms with Crippen molar-refractivity contribution in [3.8, 4) is 0 Å². The third-order valence-electron chi connectivity index (χ3n) is 7.06. The van der Waals surface area contributed by atoms with Crippen LogP contribution in [0.15, 0.2) is 66.7 Å². The van der Waals surface area contributed by atoms with E-state index in [4.69, 9.17) is 11.6 Å². The van der Waals surface area contributed by atoms with Gasteiger partial charge in [0.1, 0.15) is 0 Å². The van der Waals surface area contributed by atoms with Crippen LogP contribution in [0.3, 0.4) is 0 Å². The van der Waals surface area contributed by atoms with E-state index in [1.165, 1.54) is 0 Å². The zero-order valence-corrected chi connectivity index (χ0v) is 23.5. The number of amides is 3. The largest absolute Gasteiger partial charge is 0.369 e. The third-order valence-corrected chi connectivity index (χ3v) is 7.32. The highest BCUT2D eigenvalue weighted by atomic mass is 35.5. The van der Waals surface area contributed by atoms with Crippen LogP contribution in [-0.2, 0) is 0 Å². The molecule has 1 aliphatic heterocycles. The van der Waals surface area contributed by atoms with Gasteiger partial charge in [-0.15, -0.1) is 0 Å².